The SMILES string of the molecule is CC(C)N1CCCC(CN2CCCNCC2C(F)(F)F)C1. The number of rotatable bonds is 3. The number of hydrogen-bond donors (Lipinski definition) is 1. The zero-order valence-corrected chi connectivity index (χ0v) is 13.1. The molecule has 2 rings (SSSR count). The van der Waals surface area contributed by atoms with Crippen LogP contribution in [0.15, 0.2) is 0 Å². The lowest BCUT2D eigenvalue weighted by Gasteiger charge is -2.39. The van der Waals surface area contributed by atoms with E-state index in [1.807, 2.05) is 0 Å². The van der Waals surface area contributed by atoms with Crippen LogP contribution in [0.4, 0.5) is 13.2 Å². The maximum absolute atomic E-state index is 13.2. The van der Waals surface area contributed by atoms with Crippen LogP contribution in [0.5, 0.6) is 0 Å². The normalized spacial score (nSPS) is 30.6. The van der Waals surface area contributed by atoms with Gasteiger partial charge in [0.05, 0.1) is 0 Å². The molecule has 0 aromatic rings. The maximum Gasteiger partial charge on any atom is 0.405 e. The lowest BCUT2D eigenvalue weighted by Crippen LogP contribution is -2.52. The van der Waals surface area contributed by atoms with Crippen molar-refractivity contribution in [3.8, 4) is 0 Å². The summed E-state index contributed by atoms with van der Waals surface area (Å²) in [7, 11) is 0. The summed E-state index contributed by atoms with van der Waals surface area (Å²) in [6.07, 6.45) is -1.18. The van der Waals surface area contributed by atoms with Crippen molar-refractivity contribution >= 4 is 0 Å². The topological polar surface area (TPSA) is 18.5 Å². The molecule has 0 radical (unpaired) electrons. The average molecular weight is 307 g/mol. The van der Waals surface area contributed by atoms with Crippen molar-refractivity contribution in [1.82, 2.24) is 15.1 Å². The summed E-state index contributed by atoms with van der Waals surface area (Å²) in [6.45, 7) is 8.19. The Morgan fingerprint density at radius 1 is 1.19 bits per heavy atom. The van der Waals surface area contributed by atoms with Gasteiger partial charge in [-0.3, -0.25) is 4.90 Å². The van der Waals surface area contributed by atoms with Crippen LogP contribution in [0.2, 0.25) is 0 Å². The molecule has 3 nitrogen and oxygen atoms in total. The van der Waals surface area contributed by atoms with Crippen molar-refractivity contribution in [3.05, 3.63) is 0 Å². The van der Waals surface area contributed by atoms with E-state index in [4.69, 9.17) is 0 Å². The molecule has 21 heavy (non-hydrogen) atoms. The van der Waals surface area contributed by atoms with Gasteiger partial charge in [0.15, 0.2) is 0 Å². The first-order chi connectivity index (χ1) is 9.88. The van der Waals surface area contributed by atoms with E-state index >= 15 is 0 Å². The van der Waals surface area contributed by atoms with Crippen molar-refractivity contribution in [1.29, 1.82) is 0 Å². The average Bonchev–Trinajstić information content (AvgIpc) is 2.64. The Morgan fingerprint density at radius 2 is 1.95 bits per heavy atom. The van der Waals surface area contributed by atoms with E-state index in [0.717, 1.165) is 32.4 Å². The fourth-order valence-electron chi connectivity index (χ4n) is 3.52. The molecule has 0 saturated carbocycles. The van der Waals surface area contributed by atoms with Crippen molar-refractivity contribution in [2.75, 3.05) is 39.3 Å². The zero-order chi connectivity index (χ0) is 15.5. The van der Waals surface area contributed by atoms with Crippen LogP contribution in [0.3, 0.4) is 0 Å². The van der Waals surface area contributed by atoms with E-state index in [1.165, 1.54) is 0 Å². The van der Waals surface area contributed by atoms with Crippen LogP contribution in [0.25, 0.3) is 0 Å². The van der Waals surface area contributed by atoms with E-state index < -0.39 is 12.2 Å². The first-order valence-electron chi connectivity index (χ1n) is 8.13. The Hall–Kier alpha value is -0.330. The Balaban J connectivity index is 1.97. The van der Waals surface area contributed by atoms with Gasteiger partial charge >= 0.3 is 6.18 Å². The molecule has 2 fully saturated rings. The highest BCUT2D eigenvalue weighted by atomic mass is 19.4. The number of nitrogens with one attached hydrogen (secondary N) is 1. The molecule has 2 heterocycles. The Kier molecular flexibility index (Phi) is 5.91. The lowest BCUT2D eigenvalue weighted by atomic mass is 9.95. The van der Waals surface area contributed by atoms with Gasteiger partial charge in [0.1, 0.15) is 6.04 Å². The van der Waals surface area contributed by atoms with Gasteiger partial charge in [-0.1, -0.05) is 0 Å². The summed E-state index contributed by atoms with van der Waals surface area (Å²) in [6, 6.07) is -0.841. The van der Waals surface area contributed by atoms with Gasteiger partial charge in [-0.05, 0) is 52.1 Å². The number of alkyl halides is 3. The van der Waals surface area contributed by atoms with Gasteiger partial charge in [-0.2, -0.15) is 13.2 Å². The number of halogens is 3. The van der Waals surface area contributed by atoms with E-state index in [0.29, 0.717) is 31.6 Å². The van der Waals surface area contributed by atoms with Crippen molar-refractivity contribution in [2.24, 2.45) is 5.92 Å². The molecule has 2 aliphatic heterocycles. The molecule has 0 aromatic carbocycles. The van der Waals surface area contributed by atoms with E-state index in [9.17, 15) is 13.2 Å². The first kappa shape index (κ1) is 17.0. The Labute approximate surface area is 125 Å². The molecule has 1 N–H and O–H groups in total. The summed E-state index contributed by atoms with van der Waals surface area (Å²) < 4.78 is 39.7. The molecule has 2 unspecified atom stereocenters. The first-order valence-corrected chi connectivity index (χ1v) is 8.13. The van der Waals surface area contributed by atoms with Gasteiger partial charge in [-0.15, -0.1) is 0 Å². The number of likely N-dealkylation sites (tertiary alicyclic amines) is 1. The van der Waals surface area contributed by atoms with Gasteiger partial charge < -0.3 is 10.2 Å². The predicted octanol–water partition coefficient (Wildman–Crippen LogP) is 2.33. The monoisotopic (exact) mass is 307 g/mol. The minimum Gasteiger partial charge on any atom is -0.315 e. The minimum absolute atomic E-state index is 0.0319. The number of piperidine rings is 1. The third-order valence-corrected chi connectivity index (χ3v) is 4.73. The Morgan fingerprint density at radius 3 is 2.62 bits per heavy atom. The molecule has 2 saturated heterocycles. The van der Waals surface area contributed by atoms with E-state index in [-0.39, 0.29) is 6.54 Å². The van der Waals surface area contributed by atoms with Crippen molar-refractivity contribution < 1.29 is 13.2 Å². The molecule has 2 aliphatic rings. The highest BCUT2D eigenvalue weighted by molar-refractivity contribution is 4.86. The molecule has 0 aliphatic carbocycles. The third kappa shape index (κ3) is 4.83. The number of hydrogen-bond acceptors (Lipinski definition) is 3. The molecule has 124 valence electrons. The molecule has 2 atom stereocenters. The number of nitrogens with zero attached hydrogens (tertiary/aromatic N) is 2. The van der Waals surface area contributed by atoms with Crippen molar-refractivity contribution in [2.45, 2.75) is 51.4 Å². The molecular formula is C15H28F3N3. The van der Waals surface area contributed by atoms with Crippen LogP contribution in [-0.4, -0.2) is 67.3 Å². The fourth-order valence-corrected chi connectivity index (χ4v) is 3.52. The summed E-state index contributed by atoms with van der Waals surface area (Å²) in [5, 5.41) is 2.93. The van der Waals surface area contributed by atoms with Crippen LogP contribution < -0.4 is 5.32 Å². The van der Waals surface area contributed by atoms with Crippen LogP contribution in [-0.2, 0) is 0 Å². The Bertz CT molecular complexity index is 320. The summed E-state index contributed by atoms with van der Waals surface area (Å²) in [5.41, 5.74) is 0. The molecular weight excluding hydrogens is 279 g/mol. The zero-order valence-electron chi connectivity index (χ0n) is 13.1. The van der Waals surface area contributed by atoms with Crippen LogP contribution in [0.1, 0.15) is 33.1 Å². The van der Waals surface area contributed by atoms with Crippen molar-refractivity contribution in [3.63, 3.8) is 0 Å². The van der Waals surface area contributed by atoms with E-state index in [1.54, 1.807) is 4.90 Å². The molecule has 0 amide bonds. The summed E-state index contributed by atoms with van der Waals surface area (Å²) >= 11 is 0. The van der Waals surface area contributed by atoms with E-state index in [2.05, 4.69) is 24.1 Å². The largest absolute Gasteiger partial charge is 0.405 e. The smallest absolute Gasteiger partial charge is 0.315 e. The molecule has 0 bridgehead atoms. The minimum atomic E-state index is -4.14. The molecule has 0 spiro atoms. The molecule has 0 aromatic heterocycles. The van der Waals surface area contributed by atoms with Crippen LogP contribution >= 0.6 is 0 Å². The van der Waals surface area contributed by atoms with Gasteiger partial charge in [-0.25, -0.2) is 0 Å². The highest BCUT2D eigenvalue weighted by Crippen LogP contribution is 2.28. The predicted molar refractivity (Wildman–Crippen MR) is 78.3 cm³/mol. The highest BCUT2D eigenvalue weighted by Gasteiger charge is 2.44. The quantitative estimate of drug-likeness (QED) is 0.863. The van der Waals surface area contributed by atoms with Gasteiger partial charge in [0, 0.05) is 32.2 Å². The summed E-state index contributed by atoms with van der Waals surface area (Å²) in [4.78, 5) is 4.07. The summed E-state index contributed by atoms with van der Waals surface area (Å²) in [5.74, 6) is 0.365. The van der Waals surface area contributed by atoms with Crippen LogP contribution in [0, 0.1) is 5.92 Å². The van der Waals surface area contributed by atoms with Gasteiger partial charge in [0.2, 0.25) is 0 Å². The second-order valence-corrected chi connectivity index (χ2v) is 6.71. The lowest BCUT2D eigenvalue weighted by molar-refractivity contribution is -0.182. The standard InChI is InChI=1S/C15H28F3N3/c1-12(2)20-7-3-5-13(10-20)11-21-8-4-6-19-9-14(21)15(16,17)18/h12-14,19H,3-11H2,1-2H3. The second kappa shape index (κ2) is 7.29. The molecule has 6 heteroatoms. The fraction of sp³-hybridized carbons (Fsp3) is 1.00. The van der Waals surface area contributed by atoms with Gasteiger partial charge in [0.25, 0.3) is 0 Å². The third-order valence-electron chi connectivity index (χ3n) is 4.73. The maximum atomic E-state index is 13.2. The second-order valence-electron chi connectivity index (χ2n) is 6.71.